The summed E-state index contributed by atoms with van der Waals surface area (Å²) in [5.74, 6) is 0.0676. The highest BCUT2D eigenvalue weighted by atomic mass is 32.2. The summed E-state index contributed by atoms with van der Waals surface area (Å²) < 4.78 is 21.2. The van der Waals surface area contributed by atoms with Gasteiger partial charge in [-0.25, -0.2) is 13.6 Å². The van der Waals surface area contributed by atoms with Crippen LogP contribution >= 0.6 is 0 Å². The molecule has 1 saturated heterocycles. The average molecular weight is 221 g/mol. The van der Waals surface area contributed by atoms with Gasteiger partial charge in [-0.05, 0) is 32.4 Å². The van der Waals surface area contributed by atoms with Crippen LogP contribution in [0.4, 0.5) is 0 Å². The molecule has 0 bridgehead atoms. The molecule has 0 amide bonds. The number of hydrogen-bond acceptors (Lipinski definition) is 4. The second-order valence-corrected chi connectivity index (χ2v) is 5.45. The number of hydrogen-bond donors (Lipinski definition) is 3. The van der Waals surface area contributed by atoms with E-state index < -0.39 is 10.0 Å². The van der Waals surface area contributed by atoms with Crippen molar-refractivity contribution in [2.75, 3.05) is 25.4 Å². The number of rotatable bonds is 6. The molecule has 0 aromatic rings. The van der Waals surface area contributed by atoms with Gasteiger partial charge in [0.15, 0.2) is 0 Å². The molecule has 0 spiro atoms. The lowest BCUT2D eigenvalue weighted by molar-refractivity contribution is 0.533. The molecule has 1 heterocycles. The van der Waals surface area contributed by atoms with Crippen molar-refractivity contribution in [1.29, 1.82) is 0 Å². The number of nitrogens with one attached hydrogen (secondary N) is 2. The van der Waals surface area contributed by atoms with Crippen molar-refractivity contribution in [2.24, 2.45) is 5.14 Å². The third-order valence-corrected chi connectivity index (χ3v) is 3.19. The van der Waals surface area contributed by atoms with Crippen molar-refractivity contribution in [2.45, 2.75) is 25.3 Å². The molecule has 84 valence electrons. The second kappa shape index (κ2) is 5.65. The Balaban J connectivity index is 1.94. The maximum atomic E-state index is 10.6. The Morgan fingerprint density at radius 1 is 1.50 bits per heavy atom. The molecule has 0 aromatic heterocycles. The smallest absolute Gasteiger partial charge is 0.209 e. The van der Waals surface area contributed by atoms with E-state index in [1.807, 2.05) is 0 Å². The van der Waals surface area contributed by atoms with Gasteiger partial charge < -0.3 is 10.6 Å². The summed E-state index contributed by atoms with van der Waals surface area (Å²) in [6, 6.07) is 0.560. The Labute approximate surface area is 85.5 Å². The number of sulfonamides is 1. The molecule has 1 aliphatic rings. The third kappa shape index (κ3) is 5.54. The van der Waals surface area contributed by atoms with Gasteiger partial charge in [0.25, 0.3) is 0 Å². The van der Waals surface area contributed by atoms with Crippen molar-refractivity contribution in [3.63, 3.8) is 0 Å². The van der Waals surface area contributed by atoms with Gasteiger partial charge in [-0.15, -0.1) is 0 Å². The molecule has 5 nitrogen and oxygen atoms in total. The minimum absolute atomic E-state index is 0.0676. The van der Waals surface area contributed by atoms with Crippen molar-refractivity contribution in [1.82, 2.24) is 10.6 Å². The maximum absolute atomic E-state index is 10.6. The van der Waals surface area contributed by atoms with Crippen LogP contribution in [0.5, 0.6) is 0 Å². The van der Waals surface area contributed by atoms with E-state index in [4.69, 9.17) is 5.14 Å². The van der Waals surface area contributed by atoms with E-state index in [1.54, 1.807) is 0 Å². The summed E-state index contributed by atoms with van der Waals surface area (Å²) in [5, 5.41) is 11.4. The summed E-state index contributed by atoms with van der Waals surface area (Å²) in [6.45, 7) is 2.74. The fourth-order valence-electron chi connectivity index (χ4n) is 1.61. The van der Waals surface area contributed by atoms with E-state index in [0.717, 1.165) is 13.1 Å². The van der Waals surface area contributed by atoms with Gasteiger partial charge in [0, 0.05) is 12.6 Å². The third-order valence-electron chi connectivity index (χ3n) is 2.34. The molecule has 1 rings (SSSR count). The van der Waals surface area contributed by atoms with Crippen LogP contribution in [0.25, 0.3) is 0 Å². The van der Waals surface area contributed by atoms with Gasteiger partial charge in [-0.1, -0.05) is 0 Å². The molecule has 1 aliphatic heterocycles. The quantitative estimate of drug-likeness (QED) is 0.503. The SMILES string of the molecule is NS(=O)(=O)CCCNCC1CCCN1. The maximum Gasteiger partial charge on any atom is 0.209 e. The minimum atomic E-state index is -3.28. The molecule has 0 aromatic carbocycles. The highest BCUT2D eigenvalue weighted by Crippen LogP contribution is 2.02. The van der Waals surface area contributed by atoms with Gasteiger partial charge in [0.2, 0.25) is 10.0 Å². The second-order valence-electron chi connectivity index (χ2n) is 3.72. The van der Waals surface area contributed by atoms with Gasteiger partial charge in [-0.3, -0.25) is 0 Å². The Morgan fingerprint density at radius 3 is 2.86 bits per heavy atom. The molecule has 0 saturated carbocycles. The molecule has 1 unspecified atom stereocenters. The summed E-state index contributed by atoms with van der Waals surface area (Å²) in [6.07, 6.45) is 3.04. The molecule has 14 heavy (non-hydrogen) atoms. The molecule has 4 N–H and O–H groups in total. The normalized spacial score (nSPS) is 22.8. The Bertz CT molecular complexity index is 247. The van der Waals surface area contributed by atoms with E-state index in [2.05, 4.69) is 10.6 Å². The molecule has 1 fully saturated rings. The lowest BCUT2D eigenvalue weighted by Crippen LogP contribution is -2.34. The monoisotopic (exact) mass is 221 g/mol. The van der Waals surface area contributed by atoms with Crippen LogP contribution in [0.3, 0.4) is 0 Å². The van der Waals surface area contributed by atoms with Crippen molar-refractivity contribution in [3.8, 4) is 0 Å². The molecule has 0 aliphatic carbocycles. The van der Waals surface area contributed by atoms with Crippen LogP contribution in [0.2, 0.25) is 0 Å². The summed E-state index contributed by atoms with van der Waals surface area (Å²) in [7, 11) is -3.28. The van der Waals surface area contributed by atoms with Crippen LogP contribution in [0.1, 0.15) is 19.3 Å². The summed E-state index contributed by atoms with van der Waals surface area (Å²) in [5.41, 5.74) is 0. The van der Waals surface area contributed by atoms with Crippen LogP contribution in [0.15, 0.2) is 0 Å². The first-order chi connectivity index (χ1) is 6.58. The van der Waals surface area contributed by atoms with Crippen molar-refractivity contribution < 1.29 is 8.42 Å². The first-order valence-electron chi connectivity index (χ1n) is 5.02. The van der Waals surface area contributed by atoms with Crippen LogP contribution in [0, 0.1) is 0 Å². The van der Waals surface area contributed by atoms with Gasteiger partial charge in [0.1, 0.15) is 0 Å². The fourth-order valence-corrected chi connectivity index (χ4v) is 2.15. The molecule has 0 radical (unpaired) electrons. The summed E-state index contributed by atoms with van der Waals surface area (Å²) in [4.78, 5) is 0. The fraction of sp³-hybridized carbons (Fsp3) is 1.00. The first kappa shape index (κ1) is 11.9. The van der Waals surface area contributed by atoms with Gasteiger partial charge in [0.05, 0.1) is 5.75 Å². The molecule has 6 heteroatoms. The number of nitrogens with two attached hydrogens (primary N) is 1. The first-order valence-corrected chi connectivity index (χ1v) is 6.74. The Morgan fingerprint density at radius 2 is 2.29 bits per heavy atom. The summed E-state index contributed by atoms with van der Waals surface area (Å²) >= 11 is 0. The largest absolute Gasteiger partial charge is 0.315 e. The Kier molecular flexibility index (Phi) is 4.80. The zero-order valence-corrected chi connectivity index (χ0v) is 9.15. The predicted octanol–water partition coefficient (Wildman–Crippen LogP) is -0.993. The van der Waals surface area contributed by atoms with E-state index in [-0.39, 0.29) is 5.75 Å². The number of primary sulfonamides is 1. The molecule has 1 atom stereocenters. The molecular formula is C8H19N3O2S. The van der Waals surface area contributed by atoms with Crippen LogP contribution in [-0.4, -0.2) is 39.8 Å². The average Bonchev–Trinajstić information content (AvgIpc) is 2.54. The van der Waals surface area contributed by atoms with E-state index in [9.17, 15) is 8.42 Å². The Hall–Kier alpha value is -0.170. The van der Waals surface area contributed by atoms with Crippen molar-refractivity contribution in [3.05, 3.63) is 0 Å². The van der Waals surface area contributed by atoms with Crippen molar-refractivity contribution >= 4 is 10.0 Å². The van der Waals surface area contributed by atoms with E-state index in [1.165, 1.54) is 12.8 Å². The van der Waals surface area contributed by atoms with E-state index in [0.29, 0.717) is 19.0 Å². The highest BCUT2D eigenvalue weighted by molar-refractivity contribution is 7.89. The minimum Gasteiger partial charge on any atom is -0.315 e. The highest BCUT2D eigenvalue weighted by Gasteiger charge is 2.12. The molecular weight excluding hydrogens is 202 g/mol. The lowest BCUT2D eigenvalue weighted by atomic mass is 10.2. The van der Waals surface area contributed by atoms with Gasteiger partial charge >= 0.3 is 0 Å². The zero-order chi connectivity index (χ0) is 10.4. The van der Waals surface area contributed by atoms with Crippen LogP contribution < -0.4 is 15.8 Å². The van der Waals surface area contributed by atoms with E-state index >= 15 is 0 Å². The lowest BCUT2D eigenvalue weighted by Gasteiger charge is -2.10. The predicted molar refractivity (Wildman–Crippen MR) is 56.5 cm³/mol. The topological polar surface area (TPSA) is 84.2 Å². The zero-order valence-electron chi connectivity index (χ0n) is 8.33. The van der Waals surface area contributed by atoms with Gasteiger partial charge in [-0.2, -0.15) is 0 Å². The standard InChI is InChI=1S/C8H19N3O2S/c9-14(12,13)6-2-4-10-7-8-3-1-5-11-8/h8,10-11H,1-7H2,(H2,9,12,13). The van der Waals surface area contributed by atoms with Crippen LogP contribution in [-0.2, 0) is 10.0 Å².